The number of nitriles is 1. The number of hydrogen-bond donors (Lipinski definition) is 0. The maximum absolute atomic E-state index is 8.76. The van der Waals surface area contributed by atoms with Gasteiger partial charge < -0.3 is 4.90 Å². The van der Waals surface area contributed by atoms with Crippen LogP contribution in [-0.4, -0.2) is 23.1 Å². The van der Waals surface area contributed by atoms with Crippen molar-refractivity contribution in [2.45, 2.75) is 33.1 Å². The highest BCUT2D eigenvalue weighted by Crippen LogP contribution is 2.22. The van der Waals surface area contributed by atoms with E-state index in [0.29, 0.717) is 12.3 Å². The summed E-state index contributed by atoms with van der Waals surface area (Å²) in [6, 6.07) is 4.25. The predicted molar refractivity (Wildman–Crippen MR) is 66.7 cm³/mol. The Morgan fingerprint density at radius 1 is 1.41 bits per heavy atom. The molecule has 0 bridgehead atoms. The topological polar surface area (TPSA) is 52.8 Å². The number of rotatable bonds is 2. The fourth-order valence-electron chi connectivity index (χ4n) is 2.39. The lowest BCUT2D eigenvalue weighted by atomic mass is 9.96. The second-order valence-corrected chi connectivity index (χ2v) is 4.77. The van der Waals surface area contributed by atoms with Gasteiger partial charge in [-0.2, -0.15) is 5.26 Å². The van der Waals surface area contributed by atoms with Crippen molar-refractivity contribution in [3.05, 3.63) is 17.5 Å². The van der Waals surface area contributed by atoms with Crippen LogP contribution in [0.3, 0.4) is 0 Å². The summed E-state index contributed by atoms with van der Waals surface area (Å²) in [6.07, 6.45) is 2.92. The van der Waals surface area contributed by atoms with Gasteiger partial charge in [0.1, 0.15) is 0 Å². The maximum Gasteiger partial charge on any atom is 0.225 e. The highest BCUT2D eigenvalue weighted by atomic mass is 15.3. The monoisotopic (exact) mass is 230 g/mol. The zero-order valence-corrected chi connectivity index (χ0v) is 10.5. The van der Waals surface area contributed by atoms with Gasteiger partial charge in [0.2, 0.25) is 5.95 Å². The molecule has 90 valence electrons. The summed E-state index contributed by atoms with van der Waals surface area (Å²) in [4.78, 5) is 11.2. The number of aryl methyl sites for hydroxylation is 2. The molecule has 0 aliphatic carbocycles. The molecule has 4 nitrogen and oxygen atoms in total. The van der Waals surface area contributed by atoms with E-state index in [0.717, 1.165) is 43.3 Å². The van der Waals surface area contributed by atoms with Crippen LogP contribution >= 0.6 is 0 Å². The lowest BCUT2D eigenvalue weighted by molar-refractivity contribution is 0.417. The van der Waals surface area contributed by atoms with Crippen LogP contribution in [0.2, 0.25) is 0 Å². The minimum atomic E-state index is 0.471. The summed E-state index contributed by atoms with van der Waals surface area (Å²) in [7, 11) is 0. The van der Waals surface area contributed by atoms with Crippen LogP contribution in [0.5, 0.6) is 0 Å². The largest absolute Gasteiger partial charge is 0.341 e. The zero-order valence-electron chi connectivity index (χ0n) is 10.5. The molecule has 1 aromatic heterocycles. The fourth-order valence-corrected chi connectivity index (χ4v) is 2.39. The minimum Gasteiger partial charge on any atom is -0.341 e. The van der Waals surface area contributed by atoms with Gasteiger partial charge in [0.15, 0.2) is 0 Å². The van der Waals surface area contributed by atoms with Crippen LogP contribution in [0.1, 0.15) is 30.7 Å². The van der Waals surface area contributed by atoms with Crippen LogP contribution < -0.4 is 4.90 Å². The van der Waals surface area contributed by atoms with E-state index in [4.69, 9.17) is 5.26 Å². The average Bonchev–Trinajstić information content (AvgIpc) is 2.28. The molecule has 0 N–H and O–H groups in total. The Morgan fingerprint density at radius 3 is 2.76 bits per heavy atom. The number of piperidine rings is 1. The van der Waals surface area contributed by atoms with Crippen LogP contribution in [0, 0.1) is 31.1 Å². The molecule has 4 heteroatoms. The molecule has 2 heterocycles. The highest BCUT2D eigenvalue weighted by molar-refractivity contribution is 5.32. The van der Waals surface area contributed by atoms with Gasteiger partial charge in [0, 0.05) is 30.9 Å². The van der Waals surface area contributed by atoms with Crippen molar-refractivity contribution in [3.63, 3.8) is 0 Å². The van der Waals surface area contributed by atoms with Gasteiger partial charge in [-0.3, -0.25) is 0 Å². The van der Waals surface area contributed by atoms with Crippen molar-refractivity contribution >= 4 is 5.95 Å². The molecular weight excluding hydrogens is 212 g/mol. The van der Waals surface area contributed by atoms with E-state index in [1.165, 1.54) is 0 Å². The molecule has 17 heavy (non-hydrogen) atoms. The molecule has 1 atom stereocenters. The summed E-state index contributed by atoms with van der Waals surface area (Å²) in [5.41, 5.74) is 2.02. The van der Waals surface area contributed by atoms with E-state index in [-0.39, 0.29) is 0 Å². The third-order valence-corrected chi connectivity index (χ3v) is 3.15. The molecule has 0 saturated carbocycles. The third kappa shape index (κ3) is 2.94. The molecule has 1 fully saturated rings. The van der Waals surface area contributed by atoms with E-state index in [9.17, 15) is 0 Å². The van der Waals surface area contributed by atoms with Gasteiger partial charge >= 0.3 is 0 Å². The molecule has 1 unspecified atom stereocenters. The van der Waals surface area contributed by atoms with Crippen molar-refractivity contribution in [1.29, 1.82) is 5.26 Å². The van der Waals surface area contributed by atoms with Crippen molar-refractivity contribution in [1.82, 2.24) is 9.97 Å². The number of aromatic nitrogens is 2. The SMILES string of the molecule is Cc1cc(C)nc(N2CCCC(CC#N)C2)n1. The lowest BCUT2D eigenvalue weighted by Crippen LogP contribution is -2.36. The molecule has 0 spiro atoms. The van der Waals surface area contributed by atoms with Gasteiger partial charge in [-0.15, -0.1) is 0 Å². The van der Waals surface area contributed by atoms with Crippen LogP contribution in [0.15, 0.2) is 6.07 Å². The first-order chi connectivity index (χ1) is 8.19. The minimum absolute atomic E-state index is 0.471. The number of anilines is 1. The number of nitrogens with zero attached hydrogens (tertiary/aromatic N) is 4. The van der Waals surface area contributed by atoms with E-state index in [1.807, 2.05) is 19.9 Å². The van der Waals surface area contributed by atoms with Crippen molar-refractivity contribution < 1.29 is 0 Å². The zero-order chi connectivity index (χ0) is 12.3. The van der Waals surface area contributed by atoms with Gasteiger partial charge in [-0.25, -0.2) is 9.97 Å². The smallest absolute Gasteiger partial charge is 0.225 e. The Labute approximate surface area is 102 Å². The van der Waals surface area contributed by atoms with Crippen molar-refractivity contribution in [2.24, 2.45) is 5.92 Å². The summed E-state index contributed by atoms with van der Waals surface area (Å²) in [5, 5.41) is 8.76. The van der Waals surface area contributed by atoms with E-state index >= 15 is 0 Å². The second-order valence-electron chi connectivity index (χ2n) is 4.77. The van der Waals surface area contributed by atoms with Crippen LogP contribution in [-0.2, 0) is 0 Å². The van der Waals surface area contributed by atoms with E-state index in [2.05, 4.69) is 20.9 Å². The molecule has 0 radical (unpaired) electrons. The summed E-state index contributed by atoms with van der Waals surface area (Å²) < 4.78 is 0. The third-order valence-electron chi connectivity index (χ3n) is 3.15. The van der Waals surface area contributed by atoms with Gasteiger partial charge in [-0.05, 0) is 38.7 Å². The van der Waals surface area contributed by atoms with E-state index < -0.39 is 0 Å². The van der Waals surface area contributed by atoms with Crippen molar-refractivity contribution in [2.75, 3.05) is 18.0 Å². The molecule has 2 rings (SSSR count). The Morgan fingerprint density at radius 2 is 2.12 bits per heavy atom. The summed E-state index contributed by atoms with van der Waals surface area (Å²) >= 11 is 0. The molecule has 1 saturated heterocycles. The summed E-state index contributed by atoms with van der Waals surface area (Å²) in [5.74, 6) is 1.29. The Balaban J connectivity index is 2.13. The molecule has 0 amide bonds. The summed E-state index contributed by atoms with van der Waals surface area (Å²) in [6.45, 7) is 5.91. The highest BCUT2D eigenvalue weighted by Gasteiger charge is 2.21. The normalized spacial score (nSPS) is 20.1. The first-order valence-electron chi connectivity index (χ1n) is 6.13. The molecule has 1 aliphatic heterocycles. The maximum atomic E-state index is 8.76. The Hall–Kier alpha value is -1.63. The molecule has 1 aromatic rings. The molecular formula is C13H18N4. The van der Waals surface area contributed by atoms with Crippen LogP contribution in [0.4, 0.5) is 5.95 Å². The predicted octanol–water partition coefficient (Wildman–Crippen LogP) is 2.22. The van der Waals surface area contributed by atoms with Crippen LogP contribution in [0.25, 0.3) is 0 Å². The first kappa shape index (κ1) is 11.8. The average molecular weight is 230 g/mol. The Bertz CT molecular complexity index is 415. The number of hydrogen-bond acceptors (Lipinski definition) is 4. The fraction of sp³-hybridized carbons (Fsp3) is 0.615. The molecule has 1 aliphatic rings. The lowest BCUT2D eigenvalue weighted by Gasteiger charge is -2.31. The second kappa shape index (κ2) is 5.13. The van der Waals surface area contributed by atoms with Gasteiger partial charge in [-0.1, -0.05) is 0 Å². The van der Waals surface area contributed by atoms with E-state index in [1.54, 1.807) is 0 Å². The standard InChI is InChI=1S/C13H18N4/c1-10-8-11(2)16-13(15-10)17-7-3-4-12(9-17)5-6-14/h8,12H,3-5,7,9H2,1-2H3. The Kier molecular flexibility index (Phi) is 3.58. The van der Waals surface area contributed by atoms with Crippen molar-refractivity contribution in [3.8, 4) is 6.07 Å². The molecule has 0 aromatic carbocycles. The van der Waals surface area contributed by atoms with Gasteiger partial charge in [0.05, 0.1) is 6.07 Å². The first-order valence-corrected chi connectivity index (χ1v) is 6.13. The quantitative estimate of drug-likeness (QED) is 0.781. The van der Waals surface area contributed by atoms with Gasteiger partial charge in [0.25, 0.3) is 0 Å².